The minimum absolute atomic E-state index is 0.0450. The number of H-pyrrole nitrogens is 1. The zero-order valence-corrected chi connectivity index (χ0v) is 16.0. The summed E-state index contributed by atoms with van der Waals surface area (Å²) in [5.74, 6) is 0.676. The van der Waals surface area contributed by atoms with Crippen molar-refractivity contribution in [2.24, 2.45) is 0 Å². The van der Waals surface area contributed by atoms with E-state index in [-0.39, 0.29) is 17.8 Å². The molecule has 0 radical (unpaired) electrons. The maximum Gasteiger partial charge on any atom is 0.237 e. The summed E-state index contributed by atoms with van der Waals surface area (Å²) in [7, 11) is 2.14. The number of carbonyl (C=O) groups is 1. The minimum Gasteiger partial charge on any atom is -0.340 e. The number of piperidine rings is 1. The van der Waals surface area contributed by atoms with Crippen LogP contribution in [-0.2, 0) is 4.79 Å². The maximum atomic E-state index is 13.5. The maximum absolute atomic E-state index is 13.5. The SMILES string of the molecule is CN1CCCN(CC(=O)N2CCCC[C@@H]2c2nc3ccc(F)cc3[nH]2)CC1. The van der Waals surface area contributed by atoms with Crippen molar-refractivity contribution in [3.63, 3.8) is 0 Å². The van der Waals surface area contributed by atoms with Gasteiger partial charge in [-0.15, -0.1) is 0 Å². The smallest absolute Gasteiger partial charge is 0.237 e. The standard InChI is InChI=1S/C20H28FN5O/c1-24-8-4-9-25(12-11-24)14-19(27)26-10-3-2-5-18(26)20-22-16-7-6-15(21)13-17(16)23-20/h6-7,13,18H,2-5,8-12,14H2,1H3,(H,22,23)/t18-/m1/s1. The number of hydrogen-bond acceptors (Lipinski definition) is 4. The largest absolute Gasteiger partial charge is 0.340 e. The highest BCUT2D eigenvalue weighted by molar-refractivity contribution is 5.79. The Labute approximate surface area is 159 Å². The number of halogens is 1. The number of likely N-dealkylation sites (N-methyl/N-ethyl adjacent to an activating group) is 1. The highest BCUT2D eigenvalue weighted by Crippen LogP contribution is 2.30. The molecule has 1 amide bonds. The van der Waals surface area contributed by atoms with Gasteiger partial charge < -0.3 is 14.8 Å². The number of rotatable bonds is 3. The number of nitrogens with zero attached hydrogens (tertiary/aromatic N) is 4. The number of likely N-dealkylation sites (tertiary alicyclic amines) is 1. The third-order valence-electron chi connectivity index (χ3n) is 5.77. The molecule has 2 aromatic rings. The second kappa shape index (κ2) is 7.94. The predicted molar refractivity (Wildman–Crippen MR) is 103 cm³/mol. The highest BCUT2D eigenvalue weighted by Gasteiger charge is 2.31. The first kappa shape index (κ1) is 18.4. The third-order valence-corrected chi connectivity index (χ3v) is 5.77. The summed E-state index contributed by atoms with van der Waals surface area (Å²) in [6.07, 6.45) is 4.10. The lowest BCUT2D eigenvalue weighted by Gasteiger charge is -2.36. The van der Waals surface area contributed by atoms with Gasteiger partial charge in [-0.05, 0) is 64.0 Å². The van der Waals surface area contributed by atoms with Gasteiger partial charge in [0.05, 0.1) is 23.6 Å². The minimum atomic E-state index is -0.277. The number of imidazole rings is 1. The van der Waals surface area contributed by atoms with Crippen LogP contribution in [0.3, 0.4) is 0 Å². The molecule has 2 aliphatic rings. The van der Waals surface area contributed by atoms with Gasteiger partial charge >= 0.3 is 0 Å². The van der Waals surface area contributed by atoms with E-state index in [4.69, 9.17) is 0 Å². The van der Waals surface area contributed by atoms with Gasteiger partial charge in [-0.25, -0.2) is 9.37 Å². The molecule has 27 heavy (non-hydrogen) atoms. The summed E-state index contributed by atoms with van der Waals surface area (Å²) < 4.78 is 13.5. The first-order valence-electron chi connectivity index (χ1n) is 9.96. The molecule has 0 unspecified atom stereocenters. The molecule has 1 aromatic carbocycles. The van der Waals surface area contributed by atoms with E-state index in [1.54, 1.807) is 6.07 Å². The molecule has 2 saturated heterocycles. The molecule has 0 bridgehead atoms. The summed E-state index contributed by atoms with van der Waals surface area (Å²) in [4.78, 5) is 27.5. The number of carbonyl (C=O) groups excluding carboxylic acids is 1. The molecule has 1 N–H and O–H groups in total. The predicted octanol–water partition coefficient (Wildman–Crippen LogP) is 2.39. The molecule has 2 fully saturated rings. The Morgan fingerprint density at radius 3 is 2.96 bits per heavy atom. The van der Waals surface area contributed by atoms with E-state index in [0.717, 1.165) is 69.7 Å². The number of nitrogens with one attached hydrogen (secondary N) is 1. The van der Waals surface area contributed by atoms with Crippen molar-refractivity contribution < 1.29 is 9.18 Å². The average Bonchev–Trinajstić information content (AvgIpc) is 2.98. The first-order valence-corrected chi connectivity index (χ1v) is 9.96. The normalized spacial score (nSPS) is 22.9. The van der Waals surface area contributed by atoms with Crippen LogP contribution in [0.1, 0.15) is 37.5 Å². The van der Waals surface area contributed by atoms with Crippen LogP contribution in [0, 0.1) is 5.82 Å². The van der Waals surface area contributed by atoms with Crippen LogP contribution in [-0.4, -0.2) is 76.9 Å². The molecule has 0 spiro atoms. The number of aromatic nitrogens is 2. The van der Waals surface area contributed by atoms with E-state index in [1.165, 1.54) is 12.1 Å². The highest BCUT2D eigenvalue weighted by atomic mass is 19.1. The quantitative estimate of drug-likeness (QED) is 0.898. The Kier molecular flexibility index (Phi) is 5.41. The van der Waals surface area contributed by atoms with E-state index < -0.39 is 0 Å². The topological polar surface area (TPSA) is 55.5 Å². The molecule has 3 heterocycles. The van der Waals surface area contributed by atoms with E-state index in [9.17, 15) is 9.18 Å². The molecule has 7 heteroatoms. The fourth-order valence-electron chi connectivity index (χ4n) is 4.21. The van der Waals surface area contributed by atoms with E-state index >= 15 is 0 Å². The van der Waals surface area contributed by atoms with Gasteiger partial charge in [0.25, 0.3) is 0 Å². The molecule has 0 aliphatic carbocycles. The molecule has 6 nitrogen and oxygen atoms in total. The summed E-state index contributed by atoms with van der Waals surface area (Å²) in [6, 6.07) is 4.53. The van der Waals surface area contributed by atoms with Crippen LogP contribution in [0.15, 0.2) is 18.2 Å². The zero-order chi connectivity index (χ0) is 18.8. The third kappa shape index (κ3) is 4.14. The summed E-state index contributed by atoms with van der Waals surface area (Å²) >= 11 is 0. The van der Waals surface area contributed by atoms with Crippen molar-refractivity contribution >= 4 is 16.9 Å². The van der Waals surface area contributed by atoms with Gasteiger partial charge in [0.2, 0.25) is 5.91 Å². The Hall–Kier alpha value is -1.99. The van der Waals surface area contributed by atoms with Crippen molar-refractivity contribution in [2.45, 2.75) is 31.7 Å². The number of fused-ring (bicyclic) bond motifs is 1. The molecule has 2 aliphatic heterocycles. The first-order chi connectivity index (χ1) is 13.1. The summed E-state index contributed by atoms with van der Waals surface area (Å²) in [5.41, 5.74) is 1.44. The molecular weight excluding hydrogens is 345 g/mol. The van der Waals surface area contributed by atoms with Gasteiger partial charge in [-0.3, -0.25) is 9.69 Å². The Bertz CT molecular complexity index is 807. The van der Waals surface area contributed by atoms with Crippen molar-refractivity contribution in [1.29, 1.82) is 0 Å². The lowest BCUT2D eigenvalue weighted by molar-refractivity contribution is -0.136. The lowest BCUT2D eigenvalue weighted by Crippen LogP contribution is -2.45. The van der Waals surface area contributed by atoms with Crippen LogP contribution in [0.25, 0.3) is 11.0 Å². The van der Waals surface area contributed by atoms with Crippen molar-refractivity contribution in [3.8, 4) is 0 Å². The molecule has 0 saturated carbocycles. The Morgan fingerprint density at radius 1 is 1.19 bits per heavy atom. The van der Waals surface area contributed by atoms with Gasteiger partial charge in [0.1, 0.15) is 11.6 Å². The van der Waals surface area contributed by atoms with E-state index in [1.807, 2.05) is 4.90 Å². The number of amides is 1. The second-order valence-corrected chi connectivity index (χ2v) is 7.82. The van der Waals surface area contributed by atoms with Crippen LogP contribution >= 0.6 is 0 Å². The molecule has 1 aromatic heterocycles. The van der Waals surface area contributed by atoms with Crippen LogP contribution in [0.5, 0.6) is 0 Å². The van der Waals surface area contributed by atoms with Crippen LogP contribution in [0.2, 0.25) is 0 Å². The summed E-state index contributed by atoms with van der Waals surface area (Å²) in [5, 5.41) is 0. The second-order valence-electron chi connectivity index (χ2n) is 7.82. The van der Waals surface area contributed by atoms with Crippen LogP contribution < -0.4 is 0 Å². The molecule has 146 valence electrons. The molecule has 1 atom stereocenters. The van der Waals surface area contributed by atoms with Gasteiger partial charge in [-0.1, -0.05) is 0 Å². The van der Waals surface area contributed by atoms with Crippen molar-refractivity contribution in [1.82, 2.24) is 24.7 Å². The summed E-state index contributed by atoms with van der Waals surface area (Å²) in [6.45, 7) is 5.24. The fourth-order valence-corrected chi connectivity index (χ4v) is 4.21. The Morgan fingerprint density at radius 2 is 2.07 bits per heavy atom. The molecular formula is C20H28FN5O. The number of aromatic amines is 1. The van der Waals surface area contributed by atoms with Gasteiger partial charge in [0.15, 0.2) is 0 Å². The number of benzene rings is 1. The van der Waals surface area contributed by atoms with Crippen molar-refractivity contribution in [3.05, 3.63) is 29.8 Å². The average molecular weight is 373 g/mol. The molecule has 4 rings (SSSR count). The fraction of sp³-hybridized carbons (Fsp3) is 0.600. The monoisotopic (exact) mass is 373 g/mol. The van der Waals surface area contributed by atoms with Gasteiger partial charge in [-0.2, -0.15) is 0 Å². The van der Waals surface area contributed by atoms with E-state index in [0.29, 0.717) is 12.1 Å². The number of hydrogen-bond donors (Lipinski definition) is 1. The van der Waals surface area contributed by atoms with Crippen molar-refractivity contribution in [2.75, 3.05) is 46.3 Å². The van der Waals surface area contributed by atoms with Crippen LogP contribution in [0.4, 0.5) is 4.39 Å². The Balaban J connectivity index is 1.50. The van der Waals surface area contributed by atoms with Gasteiger partial charge in [0, 0.05) is 19.6 Å². The zero-order valence-electron chi connectivity index (χ0n) is 16.0. The lowest BCUT2D eigenvalue weighted by atomic mass is 10.0. The van der Waals surface area contributed by atoms with E-state index in [2.05, 4.69) is 26.8 Å².